The molecule has 2 amide bonds. The van der Waals surface area contributed by atoms with E-state index in [-0.39, 0.29) is 5.91 Å². The van der Waals surface area contributed by atoms with Gasteiger partial charge in [-0.25, -0.2) is 4.98 Å². The van der Waals surface area contributed by atoms with Gasteiger partial charge in [0.25, 0.3) is 5.91 Å². The SMILES string of the molecule is CC(=O)N1CCN(c2ccc(Nc3cc(NCc4cccs4)c(C(N)=O)cn3)cc2)CC1. The Labute approximate surface area is 191 Å². The van der Waals surface area contributed by atoms with Crippen molar-refractivity contribution in [3.8, 4) is 0 Å². The van der Waals surface area contributed by atoms with Crippen LogP contribution in [-0.4, -0.2) is 47.9 Å². The average molecular weight is 451 g/mol. The first-order chi connectivity index (χ1) is 15.5. The van der Waals surface area contributed by atoms with Crippen LogP contribution in [0, 0.1) is 0 Å². The second kappa shape index (κ2) is 9.69. The van der Waals surface area contributed by atoms with Crippen LogP contribution in [0.5, 0.6) is 0 Å². The Kier molecular flexibility index (Phi) is 6.55. The van der Waals surface area contributed by atoms with E-state index in [1.165, 1.54) is 6.20 Å². The van der Waals surface area contributed by atoms with Gasteiger partial charge in [-0.15, -0.1) is 11.3 Å². The van der Waals surface area contributed by atoms with E-state index in [1.807, 2.05) is 34.5 Å². The molecule has 1 saturated heterocycles. The number of anilines is 4. The number of nitrogens with zero attached hydrogens (tertiary/aromatic N) is 3. The van der Waals surface area contributed by atoms with Crippen LogP contribution in [0.4, 0.5) is 22.9 Å². The van der Waals surface area contributed by atoms with Gasteiger partial charge in [0.05, 0.1) is 11.3 Å². The Balaban J connectivity index is 1.42. The van der Waals surface area contributed by atoms with E-state index in [9.17, 15) is 9.59 Å². The van der Waals surface area contributed by atoms with E-state index in [2.05, 4.69) is 32.7 Å². The number of thiophene rings is 1. The van der Waals surface area contributed by atoms with Crippen molar-refractivity contribution in [1.29, 1.82) is 0 Å². The average Bonchev–Trinajstić information content (AvgIpc) is 3.32. The Bertz CT molecular complexity index is 1080. The third kappa shape index (κ3) is 5.17. The minimum atomic E-state index is -0.521. The summed E-state index contributed by atoms with van der Waals surface area (Å²) >= 11 is 1.64. The molecule has 2 aromatic heterocycles. The maximum atomic E-state index is 11.8. The molecule has 1 aliphatic heterocycles. The molecule has 32 heavy (non-hydrogen) atoms. The second-order valence-electron chi connectivity index (χ2n) is 7.58. The largest absolute Gasteiger partial charge is 0.379 e. The van der Waals surface area contributed by atoms with Crippen LogP contribution in [0.2, 0.25) is 0 Å². The smallest absolute Gasteiger partial charge is 0.252 e. The van der Waals surface area contributed by atoms with Gasteiger partial charge in [0, 0.05) is 68.2 Å². The zero-order chi connectivity index (χ0) is 22.5. The number of carbonyl (C=O) groups excluding carboxylic acids is 2. The standard InChI is InChI=1S/C23H26N6O2S/c1-16(30)28-8-10-29(11-9-28)18-6-4-17(5-7-18)27-22-13-21(20(15-26-22)23(24)31)25-14-19-3-2-12-32-19/h2-7,12-13,15H,8-11,14H2,1H3,(H2,24,31)(H2,25,26,27). The summed E-state index contributed by atoms with van der Waals surface area (Å²) in [5, 5.41) is 8.58. The second-order valence-corrected chi connectivity index (χ2v) is 8.61. The van der Waals surface area contributed by atoms with E-state index in [0.717, 1.165) is 42.4 Å². The highest BCUT2D eigenvalue weighted by atomic mass is 32.1. The molecule has 0 spiro atoms. The Morgan fingerprint density at radius 3 is 2.50 bits per heavy atom. The van der Waals surface area contributed by atoms with Crippen LogP contribution in [-0.2, 0) is 11.3 Å². The highest BCUT2D eigenvalue weighted by molar-refractivity contribution is 7.09. The quantitative estimate of drug-likeness (QED) is 0.510. The van der Waals surface area contributed by atoms with Crippen molar-refractivity contribution >= 4 is 46.0 Å². The van der Waals surface area contributed by atoms with Gasteiger partial charge in [0.1, 0.15) is 5.82 Å². The molecule has 0 aliphatic carbocycles. The number of rotatable bonds is 7. The lowest BCUT2D eigenvalue weighted by atomic mass is 10.2. The van der Waals surface area contributed by atoms with Crippen molar-refractivity contribution in [1.82, 2.24) is 9.88 Å². The van der Waals surface area contributed by atoms with Gasteiger partial charge in [0.2, 0.25) is 5.91 Å². The number of piperazine rings is 1. The molecule has 4 N–H and O–H groups in total. The normalized spacial score (nSPS) is 13.7. The number of nitrogens with two attached hydrogens (primary N) is 1. The van der Waals surface area contributed by atoms with Gasteiger partial charge >= 0.3 is 0 Å². The van der Waals surface area contributed by atoms with Crippen molar-refractivity contribution in [2.24, 2.45) is 5.73 Å². The summed E-state index contributed by atoms with van der Waals surface area (Å²) in [5.74, 6) is 0.224. The summed E-state index contributed by atoms with van der Waals surface area (Å²) in [5.41, 5.74) is 8.52. The summed E-state index contributed by atoms with van der Waals surface area (Å²) in [6.07, 6.45) is 1.49. The van der Waals surface area contributed by atoms with Gasteiger partial charge < -0.3 is 26.2 Å². The fourth-order valence-corrected chi connectivity index (χ4v) is 4.29. The van der Waals surface area contributed by atoms with E-state index in [1.54, 1.807) is 24.3 Å². The van der Waals surface area contributed by atoms with E-state index in [0.29, 0.717) is 23.6 Å². The predicted molar refractivity (Wildman–Crippen MR) is 129 cm³/mol. The molecule has 166 valence electrons. The first-order valence-electron chi connectivity index (χ1n) is 10.4. The minimum Gasteiger partial charge on any atom is -0.379 e. The zero-order valence-electron chi connectivity index (χ0n) is 17.9. The van der Waals surface area contributed by atoms with Gasteiger partial charge in [-0.1, -0.05) is 6.07 Å². The summed E-state index contributed by atoms with van der Waals surface area (Å²) < 4.78 is 0. The van der Waals surface area contributed by atoms with Gasteiger partial charge in [-0.2, -0.15) is 0 Å². The molecule has 0 bridgehead atoms. The molecule has 9 heteroatoms. The third-order valence-corrected chi connectivity index (χ3v) is 6.31. The number of aromatic nitrogens is 1. The molecular weight excluding hydrogens is 424 g/mol. The summed E-state index contributed by atoms with van der Waals surface area (Å²) in [7, 11) is 0. The van der Waals surface area contributed by atoms with Gasteiger partial charge in [-0.3, -0.25) is 9.59 Å². The van der Waals surface area contributed by atoms with E-state index < -0.39 is 5.91 Å². The monoisotopic (exact) mass is 450 g/mol. The number of pyridine rings is 1. The number of amides is 2. The number of hydrogen-bond acceptors (Lipinski definition) is 7. The number of carbonyl (C=O) groups is 2. The molecule has 3 heterocycles. The number of primary amides is 1. The van der Waals surface area contributed by atoms with Crippen LogP contribution >= 0.6 is 11.3 Å². The van der Waals surface area contributed by atoms with Crippen LogP contribution in [0.3, 0.4) is 0 Å². The zero-order valence-corrected chi connectivity index (χ0v) is 18.7. The van der Waals surface area contributed by atoms with E-state index in [4.69, 9.17) is 5.73 Å². The molecular formula is C23H26N6O2S. The molecule has 1 fully saturated rings. The molecule has 1 aromatic carbocycles. The first kappa shape index (κ1) is 21.6. The molecule has 4 rings (SSSR count). The van der Waals surface area contributed by atoms with Crippen molar-refractivity contribution in [3.05, 3.63) is 64.5 Å². The number of benzene rings is 1. The minimum absolute atomic E-state index is 0.128. The van der Waals surface area contributed by atoms with Crippen LogP contribution in [0.1, 0.15) is 22.2 Å². The highest BCUT2D eigenvalue weighted by Crippen LogP contribution is 2.25. The fourth-order valence-electron chi connectivity index (χ4n) is 3.64. The van der Waals surface area contributed by atoms with Crippen molar-refractivity contribution in [2.45, 2.75) is 13.5 Å². The van der Waals surface area contributed by atoms with Gasteiger partial charge in [-0.05, 0) is 35.7 Å². The Hall–Kier alpha value is -3.59. The lowest BCUT2D eigenvalue weighted by Gasteiger charge is -2.35. The van der Waals surface area contributed by atoms with Crippen LogP contribution in [0.15, 0.2) is 54.0 Å². The number of hydrogen-bond donors (Lipinski definition) is 3. The van der Waals surface area contributed by atoms with Gasteiger partial charge in [0.15, 0.2) is 0 Å². The Morgan fingerprint density at radius 2 is 1.88 bits per heavy atom. The Morgan fingerprint density at radius 1 is 1.12 bits per heavy atom. The first-order valence-corrected chi connectivity index (χ1v) is 11.3. The summed E-state index contributed by atoms with van der Waals surface area (Å²) in [6, 6.07) is 13.9. The maximum Gasteiger partial charge on any atom is 0.252 e. The summed E-state index contributed by atoms with van der Waals surface area (Å²) in [4.78, 5) is 32.9. The van der Waals surface area contributed by atoms with Crippen molar-refractivity contribution in [2.75, 3.05) is 41.7 Å². The third-order valence-electron chi connectivity index (χ3n) is 5.43. The molecule has 0 unspecified atom stereocenters. The summed E-state index contributed by atoms with van der Waals surface area (Å²) in [6.45, 7) is 5.35. The lowest BCUT2D eigenvalue weighted by molar-refractivity contribution is -0.129. The van der Waals surface area contributed by atoms with Crippen LogP contribution in [0.25, 0.3) is 0 Å². The molecule has 8 nitrogen and oxygen atoms in total. The van der Waals surface area contributed by atoms with Crippen LogP contribution < -0.4 is 21.3 Å². The molecule has 0 saturated carbocycles. The predicted octanol–water partition coefficient (Wildman–Crippen LogP) is 3.27. The molecule has 0 atom stereocenters. The molecule has 0 radical (unpaired) electrons. The van der Waals surface area contributed by atoms with E-state index >= 15 is 0 Å². The molecule has 1 aliphatic rings. The highest BCUT2D eigenvalue weighted by Gasteiger charge is 2.18. The maximum absolute atomic E-state index is 11.8. The topological polar surface area (TPSA) is 104 Å². The van der Waals surface area contributed by atoms with Crippen molar-refractivity contribution in [3.63, 3.8) is 0 Å². The van der Waals surface area contributed by atoms with Crippen molar-refractivity contribution < 1.29 is 9.59 Å². The molecule has 3 aromatic rings. The fraction of sp³-hybridized carbons (Fsp3) is 0.261. The number of nitrogens with one attached hydrogen (secondary N) is 2. The lowest BCUT2D eigenvalue weighted by Crippen LogP contribution is -2.48.